The monoisotopic (exact) mass is 497 g/mol. The molecule has 1 saturated heterocycles. The number of carbonyl (C=O) groups is 1. The molecule has 2 heterocycles. The molecule has 7 heteroatoms. The van der Waals surface area contributed by atoms with Gasteiger partial charge in [-0.15, -0.1) is 0 Å². The van der Waals surface area contributed by atoms with Gasteiger partial charge in [0.1, 0.15) is 6.04 Å². The zero-order valence-electron chi connectivity index (χ0n) is 19.2. The number of carbonyl (C=O) groups excluding carboxylic acids is 1. The Balaban J connectivity index is 1.56. The Morgan fingerprint density at radius 2 is 1.59 bits per heavy atom. The second-order valence-corrected chi connectivity index (χ2v) is 9.45. The maximum Gasteiger partial charge on any atom is 0.242 e. The van der Waals surface area contributed by atoms with E-state index in [9.17, 15) is 4.79 Å². The molecule has 0 bridgehead atoms. The van der Waals surface area contributed by atoms with Crippen molar-refractivity contribution in [3.63, 3.8) is 0 Å². The minimum atomic E-state index is -0.408. The third kappa shape index (κ3) is 6.16. The molecule has 3 unspecified atom stereocenters. The summed E-state index contributed by atoms with van der Waals surface area (Å²) in [4.78, 5) is 20.0. The van der Waals surface area contributed by atoms with E-state index in [0.717, 1.165) is 16.7 Å². The summed E-state index contributed by atoms with van der Waals surface area (Å²) >= 11 is 12.3. The molecule has 3 aromatic rings. The van der Waals surface area contributed by atoms with E-state index in [1.165, 1.54) is 0 Å². The average molecular weight is 498 g/mol. The van der Waals surface area contributed by atoms with E-state index in [1.54, 1.807) is 12.4 Å². The summed E-state index contributed by atoms with van der Waals surface area (Å²) in [5.74, 6) is 0.178. The highest BCUT2D eigenvalue weighted by Crippen LogP contribution is 2.34. The van der Waals surface area contributed by atoms with Crippen molar-refractivity contribution in [1.29, 1.82) is 0 Å². The van der Waals surface area contributed by atoms with Crippen LogP contribution in [0.5, 0.6) is 0 Å². The molecule has 1 aliphatic heterocycles. The van der Waals surface area contributed by atoms with Crippen LogP contribution in [0.15, 0.2) is 73.1 Å². The zero-order chi connectivity index (χ0) is 23.9. The van der Waals surface area contributed by atoms with Crippen molar-refractivity contribution in [1.82, 2.24) is 15.2 Å². The summed E-state index contributed by atoms with van der Waals surface area (Å²) in [6.45, 7) is 5.31. The zero-order valence-corrected chi connectivity index (χ0v) is 20.7. The molecule has 5 nitrogen and oxygen atoms in total. The first-order chi connectivity index (χ1) is 16.5. The number of hydrogen-bond acceptors (Lipinski definition) is 4. The predicted molar refractivity (Wildman–Crippen MR) is 136 cm³/mol. The number of nitrogens with zero attached hydrogens (tertiary/aromatic N) is 2. The highest BCUT2D eigenvalue weighted by Gasteiger charge is 2.30. The van der Waals surface area contributed by atoms with E-state index in [-0.39, 0.29) is 17.7 Å². The van der Waals surface area contributed by atoms with Crippen molar-refractivity contribution in [2.45, 2.75) is 24.8 Å². The topological polar surface area (TPSA) is 54.5 Å². The Kier molecular flexibility index (Phi) is 8.57. The average Bonchev–Trinajstić information content (AvgIpc) is 2.87. The summed E-state index contributed by atoms with van der Waals surface area (Å²) in [5, 5.41) is 4.64. The molecule has 0 radical (unpaired) electrons. The summed E-state index contributed by atoms with van der Waals surface area (Å²) < 4.78 is 5.51. The van der Waals surface area contributed by atoms with Gasteiger partial charge in [0.25, 0.3) is 0 Å². The SMILES string of the molecule is CC(c1ccc(Cl)cc1)C(CNC(=O)C(c1cccnc1)N1CCOCC1)c1ccc(Cl)cc1. The van der Waals surface area contributed by atoms with Gasteiger partial charge in [0.15, 0.2) is 0 Å². The standard InChI is InChI=1S/C27H29Cl2N3O2/c1-19(20-4-8-23(28)9-5-20)25(21-6-10-24(29)11-7-21)18-31-27(33)26(22-3-2-12-30-17-22)32-13-15-34-16-14-32/h2-12,17,19,25-26H,13-16,18H2,1H3,(H,31,33). The van der Waals surface area contributed by atoms with E-state index in [2.05, 4.69) is 22.1 Å². The van der Waals surface area contributed by atoms with Gasteiger partial charge in [-0.05, 0) is 52.9 Å². The number of benzene rings is 2. The predicted octanol–water partition coefficient (Wildman–Crippen LogP) is 5.47. The molecule has 34 heavy (non-hydrogen) atoms. The molecule has 1 N–H and O–H groups in total. The van der Waals surface area contributed by atoms with Crippen LogP contribution in [0.25, 0.3) is 0 Å². The molecule has 1 aromatic heterocycles. The van der Waals surface area contributed by atoms with E-state index in [4.69, 9.17) is 27.9 Å². The fraction of sp³-hybridized carbons (Fsp3) is 0.333. The van der Waals surface area contributed by atoms with Gasteiger partial charge in [0.05, 0.1) is 13.2 Å². The second-order valence-electron chi connectivity index (χ2n) is 8.58. The number of hydrogen-bond donors (Lipinski definition) is 1. The minimum Gasteiger partial charge on any atom is -0.379 e. The fourth-order valence-electron chi connectivity index (χ4n) is 4.50. The quantitative estimate of drug-likeness (QED) is 0.448. The van der Waals surface area contributed by atoms with Crippen LogP contribution in [0.3, 0.4) is 0 Å². The molecule has 4 rings (SSSR count). The number of amides is 1. The molecule has 1 fully saturated rings. The summed E-state index contributed by atoms with van der Waals surface area (Å²) in [6, 6.07) is 19.2. The molecular weight excluding hydrogens is 469 g/mol. The summed E-state index contributed by atoms with van der Waals surface area (Å²) in [5.41, 5.74) is 3.17. The maximum absolute atomic E-state index is 13.6. The lowest BCUT2D eigenvalue weighted by Crippen LogP contribution is -2.46. The van der Waals surface area contributed by atoms with Crippen LogP contribution in [0.2, 0.25) is 10.0 Å². The van der Waals surface area contributed by atoms with E-state index in [1.807, 2.05) is 60.7 Å². The van der Waals surface area contributed by atoms with Gasteiger partial charge in [-0.1, -0.05) is 60.5 Å². The molecule has 3 atom stereocenters. The van der Waals surface area contributed by atoms with Gasteiger partial charge < -0.3 is 10.1 Å². The Morgan fingerprint density at radius 1 is 0.971 bits per heavy atom. The number of nitrogens with one attached hydrogen (secondary N) is 1. The van der Waals surface area contributed by atoms with E-state index >= 15 is 0 Å². The molecule has 1 amide bonds. The van der Waals surface area contributed by atoms with Gasteiger partial charge in [0.2, 0.25) is 5.91 Å². The first-order valence-electron chi connectivity index (χ1n) is 11.5. The highest BCUT2D eigenvalue weighted by atomic mass is 35.5. The number of aromatic nitrogens is 1. The van der Waals surface area contributed by atoms with Crippen molar-refractivity contribution in [2.75, 3.05) is 32.8 Å². The summed E-state index contributed by atoms with van der Waals surface area (Å²) in [6.07, 6.45) is 3.49. The van der Waals surface area contributed by atoms with Crippen molar-refractivity contribution < 1.29 is 9.53 Å². The molecule has 0 saturated carbocycles. The molecule has 0 aliphatic carbocycles. The van der Waals surface area contributed by atoms with Crippen molar-refractivity contribution in [3.8, 4) is 0 Å². The Labute approximate surface area is 211 Å². The van der Waals surface area contributed by atoms with Crippen LogP contribution in [0.1, 0.15) is 41.5 Å². The second kappa shape index (κ2) is 11.8. The lowest BCUT2D eigenvalue weighted by Gasteiger charge is -2.34. The van der Waals surface area contributed by atoms with Crippen LogP contribution >= 0.6 is 23.2 Å². The van der Waals surface area contributed by atoms with Crippen molar-refractivity contribution in [2.24, 2.45) is 0 Å². The third-order valence-electron chi connectivity index (χ3n) is 6.45. The molecule has 178 valence electrons. The van der Waals surface area contributed by atoms with Crippen LogP contribution < -0.4 is 5.32 Å². The number of ether oxygens (including phenoxy) is 1. The number of pyridine rings is 1. The Bertz CT molecular complexity index is 1060. The van der Waals surface area contributed by atoms with E-state index in [0.29, 0.717) is 42.9 Å². The van der Waals surface area contributed by atoms with Gasteiger partial charge in [0, 0.05) is 48.0 Å². The van der Waals surface area contributed by atoms with Crippen LogP contribution in [0, 0.1) is 0 Å². The van der Waals surface area contributed by atoms with Crippen LogP contribution in [-0.2, 0) is 9.53 Å². The van der Waals surface area contributed by atoms with Crippen molar-refractivity contribution >= 4 is 29.1 Å². The third-order valence-corrected chi connectivity index (χ3v) is 6.96. The number of halogens is 2. The van der Waals surface area contributed by atoms with Gasteiger partial charge >= 0.3 is 0 Å². The number of morpholine rings is 1. The first-order valence-corrected chi connectivity index (χ1v) is 12.3. The normalized spacial score (nSPS) is 17.0. The van der Waals surface area contributed by atoms with Gasteiger partial charge in [-0.25, -0.2) is 0 Å². The fourth-order valence-corrected chi connectivity index (χ4v) is 4.75. The molecule has 1 aliphatic rings. The maximum atomic E-state index is 13.6. The molecule has 0 spiro atoms. The molecular formula is C27H29Cl2N3O2. The lowest BCUT2D eigenvalue weighted by atomic mass is 9.82. The Morgan fingerprint density at radius 3 is 2.18 bits per heavy atom. The lowest BCUT2D eigenvalue weighted by molar-refractivity contribution is -0.128. The van der Waals surface area contributed by atoms with Gasteiger partial charge in [-0.3, -0.25) is 14.7 Å². The molecule has 2 aromatic carbocycles. The number of rotatable bonds is 8. The summed E-state index contributed by atoms with van der Waals surface area (Å²) in [7, 11) is 0. The van der Waals surface area contributed by atoms with Crippen LogP contribution in [0.4, 0.5) is 0 Å². The smallest absolute Gasteiger partial charge is 0.242 e. The first kappa shape index (κ1) is 24.7. The van der Waals surface area contributed by atoms with E-state index < -0.39 is 6.04 Å². The Hall–Kier alpha value is -2.44. The minimum absolute atomic E-state index is 0.0304. The van der Waals surface area contributed by atoms with Crippen molar-refractivity contribution in [3.05, 3.63) is 99.8 Å². The van der Waals surface area contributed by atoms with Gasteiger partial charge in [-0.2, -0.15) is 0 Å². The van der Waals surface area contributed by atoms with Crippen LogP contribution in [-0.4, -0.2) is 48.6 Å². The largest absolute Gasteiger partial charge is 0.379 e. The highest BCUT2D eigenvalue weighted by molar-refractivity contribution is 6.30.